The lowest BCUT2D eigenvalue weighted by atomic mass is 10.0. The Kier molecular flexibility index (Phi) is 4.49. The Labute approximate surface area is 171 Å². The molecule has 7 heteroatoms. The number of carbonyl (C=O) groups is 1. The second-order valence-corrected chi connectivity index (χ2v) is 8.36. The molecule has 1 saturated carbocycles. The fraction of sp³-hybridized carbons (Fsp3) is 0.348. The number of alkyl halides is 2. The van der Waals surface area contributed by atoms with Crippen LogP contribution in [0.25, 0.3) is 10.8 Å². The number of halogens is 3. The molecule has 1 saturated heterocycles. The Morgan fingerprint density at radius 1 is 1.10 bits per heavy atom. The molecule has 5 rings (SSSR count). The van der Waals surface area contributed by atoms with Crippen LogP contribution in [-0.2, 0) is 6.42 Å². The van der Waals surface area contributed by atoms with Gasteiger partial charge in [-0.05, 0) is 29.5 Å². The number of fused-ring (bicyclic) bond motifs is 2. The van der Waals surface area contributed by atoms with Gasteiger partial charge in [-0.1, -0.05) is 30.3 Å². The zero-order valence-corrected chi connectivity index (χ0v) is 16.2. The number of carbonyl (C=O) groups excluding carboxylic acids is 1. The van der Waals surface area contributed by atoms with Gasteiger partial charge in [-0.15, -0.1) is 0 Å². The number of hydrogen-bond acceptors (Lipinski definition) is 3. The van der Waals surface area contributed by atoms with Crippen molar-refractivity contribution < 1.29 is 18.0 Å². The largest absolute Gasteiger partial charge is 0.338 e. The van der Waals surface area contributed by atoms with Gasteiger partial charge in [0.2, 0.25) is 5.92 Å². The van der Waals surface area contributed by atoms with Crippen LogP contribution in [0.1, 0.15) is 34.5 Å². The van der Waals surface area contributed by atoms with Crippen LogP contribution in [0.4, 0.5) is 13.2 Å². The highest BCUT2D eigenvalue weighted by Gasteiger charge is 2.51. The number of benzene rings is 2. The first-order valence-electron chi connectivity index (χ1n) is 10.0. The second-order valence-electron chi connectivity index (χ2n) is 8.36. The lowest BCUT2D eigenvalue weighted by molar-refractivity contribution is -0.00245. The fourth-order valence-electron chi connectivity index (χ4n) is 4.85. The summed E-state index contributed by atoms with van der Waals surface area (Å²) in [6, 6.07) is 12.2. The van der Waals surface area contributed by atoms with E-state index >= 15 is 0 Å². The lowest BCUT2D eigenvalue weighted by Crippen LogP contribution is -2.31. The van der Waals surface area contributed by atoms with Crippen molar-refractivity contribution in [3.63, 3.8) is 0 Å². The predicted molar refractivity (Wildman–Crippen MR) is 106 cm³/mol. The summed E-state index contributed by atoms with van der Waals surface area (Å²) in [5, 5.41) is 10.2. The van der Waals surface area contributed by atoms with E-state index in [0.717, 1.165) is 22.0 Å². The van der Waals surface area contributed by atoms with E-state index in [1.54, 1.807) is 18.3 Å². The molecule has 2 heterocycles. The minimum Gasteiger partial charge on any atom is -0.338 e. The molecule has 3 aromatic rings. The molecule has 0 N–H and O–H groups in total. The van der Waals surface area contributed by atoms with E-state index in [1.807, 2.05) is 24.3 Å². The Morgan fingerprint density at radius 3 is 2.60 bits per heavy atom. The third kappa shape index (κ3) is 3.42. The summed E-state index contributed by atoms with van der Waals surface area (Å²) in [5.41, 5.74) is 1.47. The number of aromatic nitrogens is 2. The summed E-state index contributed by atoms with van der Waals surface area (Å²) >= 11 is 0. The third-order valence-corrected chi connectivity index (χ3v) is 6.27. The molecule has 30 heavy (non-hydrogen) atoms. The standard InChI is InChI=1S/C23H20F3N3O/c24-20-6-5-14(8-21-18-4-2-1-3-15(18)11-27-28-21)7-19(20)22(30)29-12-16-9-23(25,26)10-17(16)13-29/h1-7,11,16-17H,8-10,12-13H2/t16-,17+. The van der Waals surface area contributed by atoms with Crippen LogP contribution in [-0.4, -0.2) is 40.0 Å². The van der Waals surface area contributed by atoms with E-state index in [9.17, 15) is 18.0 Å². The molecule has 0 radical (unpaired) electrons. The highest BCUT2D eigenvalue weighted by Crippen LogP contribution is 2.47. The predicted octanol–water partition coefficient (Wildman–Crippen LogP) is 4.48. The van der Waals surface area contributed by atoms with Crippen molar-refractivity contribution in [2.24, 2.45) is 11.8 Å². The summed E-state index contributed by atoms with van der Waals surface area (Å²) in [6.45, 7) is 0.523. The maximum atomic E-state index is 14.5. The molecule has 0 spiro atoms. The first-order valence-corrected chi connectivity index (χ1v) is 10.0. The molecule has 0 unspecified atom stereocenters. The lowest BCUT2D eigenvalue weighted by Gasteiger charge is -2.20. The van der Waals surface area contributed by atoms with Gasteiger partial charge in [0.15, 0.2) is 0 Å². The third-order valence-electron chi connectivity index (χ3n) is 6.27. The van der Waals surface area contributed by atoms with Gasteiger partial charge < -0.3 is 4.90 Å². The number of nitrogens with zero attached hydrogens (tertiary/aromatic N) is 3. The van der Waals surface area contributed by atoms with Gasteiger partial charge in [-0.25, -0.2) is 13.2 Å². The number of rotatable bonds is 3. The van der Waals surface area contributed by atoms with Crippen LogP contribution >= 0.6 is 0 Å². The van der Waals surface area contributed by atoms with Crippen molar-refractivity contribution in [3.8, 4) is 0 Å². The normalized spacial score (nSPS) is 22.4. The van der Waals surface area contributed by atoms with Gasteiger partial charge in [0, 0.05) is 43.1 Å². The Hall–Kier alpha value is -2.96. The van der Waals surface area contributed by atoms with Gasteiger partial charge in [0.1, 0.15) is 5.82 Å². The summed E-state index contributed by atoms with van der Waals surface area (Å²) in [4.78, 5) is 14.5. The molecule has 0 bridgehead atoms. The van der Waals surface area contributed by atoms with Crippen molar-refractivity contribution >= 4 is 16.7 Å². The van der Waals surface area contributed by atoms with Crippen molar-refractivity contribution in [2.45, 2.75) is 25.2 Å². The summed E-state index contributed by atoms with van der Waals surface area (Å²) in [7, 11) is 0. The summed E-state index contributed by atoms with van der Waals surface area (Å²) in [5.74, 6) is -4.09. The van der Waals surface area contributed by atoms with Crippen molar-refractivity contribution in [1.29, 1.82) is 0 Å². The van der Waals surface area contributed by atoms with Crippen LogP contribution in [0.3, 0.4) is 0 Å². The molecule has 2 aliphatic rings. The highest BCUT2D eigenvalue weighted by molar-refractivity contribution is 5.95. The molecule has 1 amide bonds. The molecule has 2 atom stereocenters. The average Bonchev–Trinajstić information content (AvgIpc) is 3.23. The van der Waals surface area contributed by atoms with Crippen molar-refractivity contribution in [2.75, 3.05) is 13.1 Å². The molecule has 1 aliphatic heterocycles. The van der Waals surface area contributed by atoms with Crippen molar-refractivity contribution in [1.82, 2.24) is 15.1 Å². The maximum absolute atomic E-state index is 14.5. The number of amides is 1. The first-order chi connectivity index (χ1) is 14.4. The Balaban J connectivity index is 1.38. The molecular formula is C23H20F3N3O. The maximum Gasteiger partial charge on any atom is 0.256 e. The van der Waals surface area contributed by atoms with Crippen LogP contribution in [0.15, 0.2) is 48.7 Å². The molecule has 2 aromatic carbocycles. The number of hydrogen-bond donors (Lipinski definition) is 0. The van der Waals surface area contributed by atoms with Gasteiger partial charge in [0.05, 0.1) is 17.5 Å². The van der Waals surface area contributed by atoms with Crippen molar-refractivity contribution in [3.05, 3.63) is 71.3 Å². The van der Waals surface area contributed by atoms with Gasteiger partial charge >= 0.3 is 0 Å². The zero-order chi connectivity index (χ0) is 20.9. The molecular weight excluding hydrogens is 391 g/mol. The van der Waals surface area contributed by atoms with Gasteiger partial charge in [-0.2, -0.15) is 10.2 Å². The van der Waals surface area contributed by atoms with E-state index in [4.69, 9.17) is 0 Å². The van der Waals surface area contributed by atoms with Crippen LogP contribution in [0.2, 0.25) is 0 Å². The van der Waals surface area contributed by atoms with E-state index < -0.39 is 17.6 Å². The van der Waals surface area contributed by atoms with Crippen LogP contribution in [0.5, 0.6) is 0 Å². The monoisotopic (exact) mass is 411 g/mol. The zero-order valence-electron chi connectivity index (χ0n) is 16.2. The Morgan fingerprint density at radius 2 is 1.83 bits per heavy atom. The SMILES string of the molecule is O=C(c1cc(Cc2nncc3ccccc23)ccc1F)N1C[C@@H]2CC(F)(F)C[C@@H]2C1. The van der Waals surface area contributed by atoms with E-state index in [1.165, 1.54) is 11.0 Å². The molecule has 4 nitrogen and oxygen atoms in total. The first kappa shape index (κ1) is 19.0. The van der Waals surface area contributed by atoms with Gasteiger partial charge in [0.25, 0.3) is 5.91 Å². The molecule has 154 valence electrons. The topological polar surface area (TPSA) is 46.1 Å². The average molecular weight is 411 g/mol. The molecule has 1 aromatic heterocycles. The Bertz CT molecular complexity index is 1110. The van der Waals surface area contributed by atoms with Crippen LogP contribution < -0.4 is 0 Å². The second kappa shape index (κ2) is 7.07. The number of likely N-dealkylation sites (tertiary alicyclic amines) is 1. The van der Waals surface area contributed by atoms with E-state index in [2.05, 4.69) is 10.2 Å². The minimum absolute atomic E-state index is 0.0209. The van der Waals surface area contributed by atoms with Gasteiger partial charge in [-0.3, -0.25) is 4.79 Å². The smallest absolute Gasteiger partial charge is 0.256 e. The van der Waals surface area contributed by atoms with E-state index in [-0.39, 0.29) is 43.3 Å². The molecule has 1 aliphatic carbocycles. The van der Waals surface area contributed by atoms with Crippen LogP contribution in [0, 0.1) is 17.7 Å². The van der Waals surface area contributed by atoms with E-state index in [0.29, 0.717) is 6.42 Å². The highest BCUT2D eigenvalue weighted by atomic mass is 19.3. The minimum atomic E-state index is -2.64. The quantitative estimate of drug-likeness (QED) is 0.639. The summed E-state index contributed by atoms with van der Waals surface area (Å²) in [6.07, 6.45) is 1.71. The summed E-state index contributed by atoms with van der Waals surface area (Å²) < 4.78 is 41.6. The molecule has 2 fully saturated rings. The fourth-order valence-corrected chi connectivity index (χ4v) is 4.85.